The van der Waals surface area contributed by atoms with Crippen molar-refractivity contribution in [1.29, 1.82) is 0 Å². The van der Waals surface area contributed by atoms with Crippen molar-refractivity contribution in [1.82, 2.24) is 9.97 Å². The molecule has 5 heteroatoms. The maximum Gasteiger partial charge on any atom is 0.149 e. The topological polar surface area (TPSA) is 38.2 Å². The Hall–Kier alpha value is -0.870. The summed E-state index contributed by atoms with van der Waals surface area (Å²) in [5.74, 6) is 0.805. The van der Waals surface area contributed by atoms with Gasteiger partial charge in [0, 0.05) is 19.7 Å². The number of halogens is 1. The number of ether oxygens (including phenoxy) is 1. The molecule has 1 atom stereocenters. The monoisotopic (exact) mass is 243 g/mol. The first-order chi connectivity index (χ1) is 7.69. The lowest BCUT2D eigenvalue weighted by Crippen LogP contribution is -2.36. The molecule has 4 nitrogen and oxygen atoms in total. The fourth-order valence-electron chi connectivity index (χ4n) is 1.44. The van der Waals surface area contributed by atoms with Crippen molar-refractivity contribution in [3.05, 3.63) is 17.5 Å². The summed E-state index contributed by atoms with van der Waals surface area (Å²) in [7, 11) is 1.69. The Morgan fingerprint density at radius 2 is 2.25 bits per heavy atom. The Bertz CT molecular complexity index is 322. The molecule has 0 aliphatic heterocycles. The zero-order chi connectivity index (χ0) is 12.0. The van der Waals surface area contributed by atoms with E-state index in [0.717, 1.165) is 18.8 Å². The Balaban J connectivity index is 2.82. The second kappa shape index (κ2) is 6.66. The van der Waals surface area contributed by atoms with Crippen LogP contribution in [0.2, 0.25) is 5.15 Å². The first-order valence-electron chi connectivity index (χ1n) is 5.42. The molecule has 0 saturated carbocycles. The third kappa shape index (κ3) is 3.61. The summed E-state index contributed by atoms with van der Waals surface area (Å²) in [4.78, 5) is 10.5. The smallest absolute Gasteiger partial charge is 0.149 e. The lowest BCUT2D eigenvalue weighted by atomic mass is 10.2. The average Bonchev–Trinajstić information content (AvgIpc) is 2.29. The SMILES string of the molecule is CCC(C)N(CCOC)c1cncc(Cl)n1. The molecule has 0 aliphatic carbocycles. The van der Waals surface area contributed by atoms with Crippen LogP contribution < -0.4 is 4.90 Å². The predicted octanol–water partition coefficient (Wildman–Crippen LogP) is 2.38. The van der Waals surface area contributed by atoms with Crippen LogP contribution in [0, 0.1) is 0 Å². The van der Waals surface area contributed by atoms with E-state index in [1.165, 1.54) is 6.20 Å². The van der Waals surface area contributed by atoms with Crippen LogP contribution in [0.4, 0.5) is 5.82 Å². The van der Waals surface area contributed by atoms with E-state index in [2.05, 4.69) is 28.7 Å². The normalized spacial score (nSPS) is 12.5. The summed E-state index contributed by atoms with van der Waals surface area (Å²) in [6, 6.07) is 0.392. The van der Waals surface area contributed by atoms with Gasteiger partial charge in [0.25, 0.3) is 0 Å². The van der Waals surface area contributed by atoms with Crippen molar-refractivity contribution in [2.75, 3.05) is 25.2 Å². The molecule has 16 heavy (non-hydrogen) atoms. The van der Waals surface area contributed by atoms with Gasteiger partial charge in [-0.15, -0.1) is 0 Å². The van der Waals surface area contributed by atoms with Crippen molar-refractivity contribution in [3.63, 3.8) is 0 Å². The Labute approximate surface area is 102 Å². The van der Waals surface area contributed by atoms with Gasteiger partial charge < -0.3 is 9.64 Å². The highest BCUT2D eigenvalue weighted by Gasteiger charge is 2.14. The largest absolute Gasteiger partial charge is 0.383 e. The molecule has 1 aromatic rings. The summed E-state index contributed by atoms with van der Waals surface area (Å²) in [6.07, 6.45) is 4.31. The molecule has 0 bridgehead atoms. The molecule has 0 fully saturated rings. The molecule has 0 aliphatic rings. The molecular formula is C11H18ClN3O. The van der Waals surface area contributed by atoms with Gasteiger partial charge >= 0.3 is 0 Å². The van der Waals surface area contributed by atoms with Crippen LogP contribution in [0.5, 0.6) is 0 Å². The van der Waals surface area contributed by atoms with E-state index in [0.29, 0.717) is 17.8 Å². The number of anilines is 1. The molecule has 0 aromatic carbocycles. The Morgan fingerprint density at radius 1 is 1.50 bits per heavy atom. The van der Waals surface area contributed by atoms with Gasteiger partial charge in [-0.05, 0) is 13.3 Å². The van der Waals surface area contributed by atoms with Gasteiger partial charge in [-0.3, -0.25) is 4.98 Å². The lowest BCUT2D eigenvalue weighted by molar-refractivity contribution is 0.203. The van der Waals surface area contributed by atoms with Gasteiger partial charge in [0.1, 0.15) is 11.0 Å². The second-order valence-electron chi connectivity index (χ2n) is 3.64. The van der Waals surface area contributed by atoms with E-state index in [9.17, 15) is 0 Å². The molecule has 90 valence electrons. The zero-order valence-electron chi connectivity index (χ0n) is 9.98. The summed E-state index contributed by atoms with van der Waals surface area (Å²) >= 11 is 5.84. The van der Waals surface area contributed by atoms with Crippen LogP contribution in [-0.2, 0) is 4.74 Å². The van der Waals surface area contributed by atoms with Crippen molar-refractivity contribution in [2.24, 2.45) is 0 Å². The molecule has 1 aromatic heterocycles. The van der Waals surface area contributed by atoms with E-state index in [1.807, 2.05) is 0 Å². The van der Waals surface area contributed by atoms with Crippen LogP contribution in [0.15, 0.2) is 12.4 Å². The fourth-order valence-corrected chi connectivity index (χ4v) is 1.58. The number of nitrogens with zero attached hydrogens (tertiary/aromatic N) is 3. The maximum atomic E-state index is 5.84. The molecule has 0 amide bonds. The van der Waals surface area contributed by atoms with Crippen LogP contribution in [0.3, 0.4) is 0 Å². The minimum absolute atomic E-state index is 0.392. The lowest BCUT2D eigenvalue weighted by Gasteiger charge is -2.29. The number of aromatic nitrogens is 2. The quantitative estimate of drug-likeness (QED) is 0.769. The molecule has 0 radical (unpaired) electrons. The zero-order valence-corrected chi connectivity index (χ0v) is 10.7. The van der Waals surface area contributed by atoms with E-state index >= 15 is 0 Å². The van der Waals surface area contributed by atoms with Gasteiger partial charge in [0.2, 0.25) is 0 Å². The highest BCUT2D eigenvalue weighted by molar-refractivity contribution is 6.29. The Morgan fingerprint density at radius 3 is 2.81 bits per heavy atom. The van der Waals surface area contributed by atoms with Gasteiger partial charge in [0.05, 0.1) is 19.0 Å². The number of rotatable bonds is 6. The van der Waals surface area contributed by atoms with Gasteiger partial charge in [0.15, 0.2) is 0 Å². The van der Waals surface area contributed by atoms with Crippen LogP contribution >= 0.6 is 11.6 Å². The fraction of sp³-hybridized carbons (Fsp3) is 0.636. The molecule has 0 saturated heterocycles. The number of methoxy groups -OCH3 is 1. The van der Waals surface area contributed by atoms with Gasteiger partial charge in [-0.1, -0.05) is 18.5 Å². The predicted molar refractivity (Wildman–Crippen MR) is 66.0 cm³/mol. The molecule has 1 rings (SSSR count). The summed E-state index contributed by atoms with van der Waals surface area (Å²) in [6.45, 7) is 5.75. The highest BCUT2D eigenvalue weighted by Crippen LogP contribution is 2.16. The minimum atomic E-state index is 0.392. The van der Waals surface area contributed by atoms with E-state index in [4.69, 9.17) is 16.3 Å². The average molecular weight is 244 g/mol. The van der Waals surface area contributed by atoms with Crippen molar-refractivity contribution >= 4 is 17.4 Å². The molecule has 0 N–H and O–H groups in total. The molecular weight excluding hydrogens is 226 g/mol. The summed E-state index contributed by atoms with van der Waals surface area (Å²) in [5, 5.41) is 0.420. The van der Waals surface area contributed by atoms with Crippen molar-refractivity contribution in [2.45, 2.75) is 26.3 Å². The van der Waals surface area contributed by atoms with Crippen molar-refractivity contribution < 1.29 is 4.74 Å². The first kappa shape index (κ1) is 13.2. The number of hydrogen-bond acceptors (Lipinski definition) is 4. The first-order valence-corrected chi connectivity index (χ1v) is 5.80. The van der Waals surface area contributed by atoms with E-state index < -0.39 is 0 Å². The third-order valence-electron chi connectivity index (χ3n) is 2.55. The van der Waals surface area contributed by atoms with Gasteiger partial charge in [-0.2, -0.15) is 0 Å². The highest BCUT2D eigenvalue weighted by atomic mass is 35.5. The van der Waals surface area contributed by atoms with Crippen LogP contribution in [0.1, 0.15) is 20.3 Å². The van der Waals surface area contributed by atoms with E-state index in [-0.39, 0.29) is 0 Å². The summed E-state index contributed by atoms with van der Waals surface area (Å²) < 4.78 is 5.10. The van der Waals surface area contributed by atoms with Crippen molar-refractivity contribution in [3.8, 4) is 0 Å². The van der Waals surface area contributed by atoms with Crippen LogP contribution in [0.25, 0.3) is 0 Å². The standard InChI is InChI=1S/C11H18ClN3O/c1-4-9(2)15(5-6-16-3)11-8-13-7-10(12)14-11/h7-9H,4-6H2,1-3H3. The molecule has 1 unspecified atom stereocenters. The summed E-state index contributed by atoms with van der Waals surface area (Å²) in [5.41, 5.74) is 0. The van der Waals surface area contributed by atoms with Crippen LogP contribution in [-0.4, -0.2) is 36.3 Å². The minimum Gasteiger partial charge on any atom is -0.383 e. The van der Waals surface area contributed by atoms with E-state index in [1.54, 1.807) is 13.3 Å². The molecule has 1 heterocycles. The maximum absolute atomic E-state index is 5.84. The molecule has 0 spiro atoms. The third-order valence-corrected chi connectivity index (χ3v) is 2.73. The Kier molecular flexibility index (Phi) is 5.49. The number of hydrogen-bond donors (Lipinski definition) is 0. The second-order valence-corrected chi connectivity index (χ2v) is 4.03. The van der Waals surface area contributed by atoms with Gasteiger partial charge in [-0.25, -0.2) is 4.98 Å².